The standard InChI is InChI=1S/C25H22N4OS2/c1-15(2)17-9-11-18(12-10-17)21-14-31-25(26-21)27-23(30)22-13-20-16(3)28-29(24(20)32-22)19-7-5-4-6-8-19/h4-15H,1-3H3,(H,26,27,30). The van der Waals surface area contributed by atoms with E-state index < -0.39 is 0 Å². The van der Waals surface area contributed by atoms with Crippen molar-refractivity contribution in [3.8, 4) is 16.9 Å². The first-order valence-electron chi connectivity index (χ1n) is 10.4. The summed E-state index contributed by atoms with van der Waals surface area (Å²) in [5, 5.41) is 11.2. The van der Waals surface area contributed by atoms with Crippen LogP contribution in [0.1, 0.15) is 40.7 Å². The summed E-state index contributed by atoms with van der Waals surface area (Å²) in [6.45, 7) is 6.32. The first kappa shape index (κ1) is 20.6. The van der Waals surface area contributed by atoms with Crippen LogP contribution in [0.15, 0.2) is 66.0 Å². The average Bonchev–Trinajstić information content (AvgIpc) is 3.51. The lowest BCUT2D eigenvalue weighted by molar-refractivity contribution is 0.103. The molecule has 0 unspecified atom stereocenters. The Hall–Kier alpha value is -3.29. The molecule has 1 N–H and O–H groups in total. The monoisotopic (exact) mass is 458 g/mol. The van der Waals surface area contributed by atoms with Gasteiger partial charge in [-0.05, 0) is 36.6 Å². The molecule has 32 heavy (non-hydrogen) atoms. The van der Waals surface area contributed by atoms with Gasteiger partial charge in [-0.3, -0.25) is 10.1 Å². The third kappa shape index (κ3) is 3.85. The summed E-state index contributed by atoms with van der Waals surface area (Å²) in [5.41, 5.74) is 5.10. The molecule has 0 radical (unpaired) electrons. The number of aryl methyl sites for hydroxylation is 1. The molecule has 0 spiro atoms. The molecule has 7 heteroatoms. The molecule has 0 aliphatic rings. The van der Waals surface area contributed by atoms with Crippen LogP contribution in [0, 0.1) is 6.92 Å². The van der Waals surface area contributed by atoms with Crippen molar-refractivity contribution in [1.82, 2.24) is 14.8 Å². The smallest absolute Gasteiger partial charge is 0.267 e. The number of para-hydroxylation sites is 1. The van der Waals surface area contributed by atoms with Crippen LogP contribution in [-0.2, 0) is 0 Å². The zero-order valence-electron chi connectivity index (χ0n) is 18.0. The minimum Gasteiger partial charge on any atom is -0.297 e. The van der Waals surface area contributed by atoms with E-state index >= 15 is 0 Å². The number of thiazole rings is 1. The Bertz CT molecular complexity index is 1400. The van der Waals surface area contributed by atoms with Crippen molar-refractivity contribution in [1.29, 1.82) is 0 Å². The highest BCUT2D eigenvalue weighted by molar-refractivity contribution is 7.20. The van der Waals surface area contributed by atoms with Crippen LogP contribution in [0.3, 0.4) is 0 Å². The number of benzene rings is 2. The Morgan fingerprint density at radius 1 is 1.06 bits per heavy atom. The molecular formula is C25H22N4OS2. The largest absolute Gasteiger partial charge is 0.297 e. The predicted molar refractivity (Wildman–Crippen MR) is 133 cm³/mol. The lowest BCUT2D eigenvalue weighted by Crippen LogP contribution is -2.09. The Morgan fingerprint density at radius 2 is 1.81 bits per heavy atom. The van der Waals surface area contributed by atoms with E-state index in [0.717, 1.165) is 32.9 Å². The van der Waals surface area contributed by atoms with Gasteiger partial charge < -0.3 is 0 Å². The molecule has 160 valence electrons. The van der Waals surface area contributed by atoms with Gasteiger partial charge in [0.05, 0.1) is 22.0 Å². The topological polar surface area (TPSA) is 59.8 Å². The van der Waals surface area contributed by atoms with E-state index in [0.29, 0.717) is 15.9 Å². The van der Waals surface area contributed by atoms with Crippen molar-refractivity contribution in [2.45, 2.75) is 26.7 Å². The summed E-state index contributed by atoms with van der Waals surface area (Å²) in [5.74, 6) is 0.342. The zero-order chi connectivity index (χ0) is 22.2. The fraction of sp³-hybridized carbons (Fsp3) is 0.160. The molecule has 5 rings (SSSR count). The molecule has 0 aliphatic carbocycles. The van der Waals surface area contributed by atoms with Crippen LogP contribution in [0.4, 0.5) is 5.13 Å². The van der Waals surface area contributed by atoms with Crippen LogP contribution >= 0.6 is 22.7 Å². The molecule has 0 atom stereocenters. The van der Waals surface area contributed by atoms with E-state index in [1.54, 1.807) is 0 Å². The van der Waals surface area contributed by atoms with Crippen molar-refractivity contribution in [2.75, 3.05) is 5.32 Å². The number of carbonyl (C=O) groups is 1. The minimum atomic E-state index is -0.152. The maximum absolute atomic E-state index is 12.9. The molecule has 3 aromatic heterocycles. The number of hydrogen-bond acceptors (Lipinski definition) is 5. The van der Waals surface area contributed by atoms with E-state index in [2.05, 4.69) is 53.5 Å². The Balaban J connectivity index is 1.38. The van der Waals surface area contributed by atoms with Gasteiger partial charge in [-0.15, -0.1) is 22.7 Å². The molecule has 0 saturated heterocycles. The molecule has 0 bridgehead atoms. The highest BCUT2D eigenvalue weighted by Gasteiger charge is 2.18. The second-order valence-corrected chi connectivity index (χ2v) is 9.82. The van der Waals surface area contributed by atoms with Crippen molar-refractivity contribution in [3.63, 3.8) is 0 Å². The molecule has 0 aliphatic heterocycles. The third-order valence-corrected chi connectivity index (χ3v) is 7.23. The minimum absolute atomic E-state index is 0.152. The third-order valence-electron chi connectivity index (χ3n) is 5.37. The zero-order valence-corrected chi connectivity index (χ0v) is 19.6. The van der Waals surface area contributed by atoms with Gasteiger partial charge in [0.25, 0.3) is 5.91 Å². The molecule has 0 fully saturated rings. The van der Waals surface area contributed by atoms with Gasteiger partial charge >= 0.3 is 0 Å². The number of thiophene rings is 1. The number of nitrogens with one attached hydrogen (secondary N) is 1. The number of carbonyl (C=O) groups excluding carboxylic acids is 1. The lowest BCUT2D eigenvalue weighted by Gasteiger charge is -2.05. The summed E-state index contributed by atoms with van der Waals surface area (Å²) in [6.07, 6.45) is 0. The van der Waals surface area contributed by atoms with E-state index in [1.165, 1.54) is 28.2 Å². The van der Waals surface area contributed by atoms with Crippen molar-refractivity contribution in [2.24, 2.45) is 0 Å². The Labute approximate surface area is 194 Å². The van der Waals surface area contributed by atoms with Gasteiger partial charge in [-0.2, -0.15) is 5.10 Å². The Morgan fingerprint density at radius 3 is 2.53 bits per heavy atom. The van der Waals surface area contributed by atoms with Gasteiger partial charge in [0, 0.05) is 16.3 Å². The number of anilines is 1. The van der Waals surface area contributed by atoms with Crippen molar-refractivity contribution < 1.29 is 4.79 Å². The first-order valence-corrected chi connectivity index (χ1v) is 12.1. The summed E-state index contributed by atoms with van der Waals surface area (Å²) in [6, 6.07) is 20.3. The Kier molecular flexibility index (Phi) is 5.36. The SMILES string of the molecule is Cc1nn(-c2ccccc2)c2sc(C(=O)Nc3nc(-c4ccc(C(C)C)cc4)cs3)cc12. The average molecular weight is 459 g/mol. The summed E-state index contributed by atoms with van der Waals surface area (Å²) in [7, 11) is 0. The predicted octanol–water partition coefficient (Wildman–Crippen LogP) is 6.89. The number of amides is 1. The maximum Gasteiger partial charge on any atom is 0.267 e. The van der Waals surface area contributed by atoms with E-state index in [-0.39, 0.29) is 5.91 Å². The van der Waals surface area contributed by atoms with Gasteiger partial charge in [0.1, 0.15) is 4.83 Å². The van der Waals surface area contributed by atoms with Crippen LogP contribution in [0.5, 0.6) is 0 Å². The van der Waals surface area contributed by atoms with E-state index in [1.807, 2.05) is 53.4 Å². The molecule has 5 aromatic rings. The van der Waals surface area contributed by atoms with E-state index in [9.17, 15) is 4.79 Å². The summed E-state index contributed by atoms with van der Waals surface area (Å²) in [4.78, 5) is 19.2. The number of aromatic nitrogens is 3. The normalized spacial score (nSPS) is 11.4. The highest BCUT2D eigenvalue weighted by Crippen LogP contribution is 2.32. The second kappa shape index (κ2) is 8.33. The quantitative estimate of drug-likeness (QED) is 0.312. The van der Waals surface area contributed by atoms with Crippen molar-refractivity contribution in [3.05, 3.63) is 82.2 Å². The van der Waals surface area contributed by atoms with Crippen LogP contribution in [-0.4, -0.2) is 20.7 Å². The van der Waals surface area contributed by atoms with Gasteiger partial charge in [0.2, 0.25) is 0 Å². The number of rotatable bonds is 5. The molecule has 2 aromatic carbocycles. The second-order valence-electron chi connectivity index (χ2n) is 7.93. The molecule has 5 nitrogen and oxygen atoms in total. The highest BCUT2D eigenvalue weighted by atomic mass is 32.1. The first-order chi connectivity index (χ1) is 15.5. The van der Waals surface area contributed by atoms with Crippen LogP contribution in [0.2, 0.25) is 0 Å². The number of fused-ring (bicyclic) bond motifs is 1. The maximum atomic E-state index is 12.9. The molecular weight excluding hydrogens is 436 g/mol. The fourth-order valence-electron chi connectivity index (χ4n) is 3.56. The van der Waals surface area contributed by atoms with Gasteiger partial charge in [-0.1, -0.05) is 56.3 Å². The summed E-state index contributed by atoms with van der Waals surface area (Å²) < 4.78 is 1.90. The van der Waals surface area contributed by atoms with Gasteiger partial charge in [-0.25, -0.2) is 9.67 Å². The fourth-order valence-corrected chi connectivity index (χ4v) is 5.36. The summed E-state index contributed by atoms with van der Waals surface area (Å²) >= 11 is 2.87. The number of nitrogens with zero attached hydrogens (tertiary/aromatic N) is 3. The van der Waals surface area contributed by atoms with E-state index in [4.69, 9.17) is 0 Å². The van der Waals surface area contributed by atoms with Crippen molar-refractivity contribution >= 4 is 43.9 Å². The van der Waals surface area contributed by atoms with Gasteiger partial charge in [0.15, 0.2) is 5.13 Å². The molecule has 3 heterocycles. The lowest BCUT2D eigenvalue weighted by atomic mass is 10.0. The molecule has 0 saturated carbocycles. The number of hydrogen-bond donors (Lipinski definition) is 1. The van der Waals surface area contributed by atoms with Crippen LogP contribution < -0.4 is 5.32 Å². The van der Waals surface area contributed by atoms with Crippen LogP contribution in [0.25, 0.3) is 27.2 Å². The molecule has 1 amide bonds.